The second-order valence-corrected chi connectivity index (χ2v) is 4.39. The van der Waals surface area contributed by atoms with E-state index in [0.717, 1.165) is 21.1 Å². The van der Waals surface area contributed by atoms with Gasteiger partial charge in [-0.15, -0.1) is 0 Å². The van der Waals surface area contributed by atoms with E-state index in [1.807, 2.05) is 24.3 Å². The van der Waals surface area contributed by atoms with Crippen molar-refractivity contribution in [1.29, 1.82) is 0 Å². The molecule has 0 aliphatic rings. The van der Waals surface area contributed by atoms with E-state index in [4.69, 9.17) is 10.9 Å². The van der Waals surface area contributed by atoms with Crippen LogP contribution in [-0.4, -0.2) is 22.6 Å². The fourth-order valence-corrected chi connectivity index (χ4v) is 1.85. The van der Waals surface area contributed by atoms with Crippen LogP contribution in [0.1, 0.15) is 0 Å². The third-order valence-corrected chi connectivity index (χ3v) is 2.70. The summed E-state index contributed by atoms with van der Waals surface area (Å²) in [7, 11) is 0. The van der Waals surface area contributed by atoms with Crippen molar-refractivity contribution in [1.82, 2.24) is 4.98 Å². The van der Waals surface area contributed by atoms with Gasteiger partial charge in [-0.25, -0.2) is 0 Å². The van der Waals surface area contributed by atoms with Crippen LogP contribution in [0.15, 0.2) is 40.1 Å². The molecule has 0 fully saturated rings. The van der Waals surface area contributed by atoms with Crippen LogP contribution < -0.4 is 11.1 Å². The summed E-state index contributed by atoms with van der Waals surface area (Å²) in [5.41, 5.74) is 7.10. The van der Waals surface area contributed by atoms with E-state index < -0.39 is 0 Å². The Labute approximate surface area is 106 Å². The summed E-state index contributed by atoms with van der Waals surface area (Å²) in [4.78, 5) is 4.33. The molecule has 0 aliphatic carbocycles. The lowest BCUT2D eigenvalue weighted by atomic mass is 10.2. The molecule has 4 N–H and O–H groups in total. The number of fused-ring (bicyclic) bond motifs is 1. The predicted molar refractivity (Wildman–Crippen MR) is 71.3 cm³/mol. The van der Waals surface area contributed by atoms with Crippen LogP contribution in [0.2, 0.25) is 0 Å². The van der Waals surface area contributed by atoms with Gasteiger partial charge < -0.3 is 16.3 Å². The zero-order chi connectivity index (χ0) is 12.3. The zero-order valence-electron chi connectivity index (χ0n) is 8.89. The van der Waals surface area contributed by atoms with Crippen molar-refractivity contribution in [3.05, 3.63) is 34.9 Å². The highest BCUT2D eigenvalue weighted by Gasteiger charge is 2.03. The fourth-order valence-electron chi connectivity index (χ4n) is 1.50. The van der Waals surface area contributed by atoms with Crippen LogP contribution >= 0.6 is 15.9 Å². The molecule has 0 unspecified atom stereocenters. The monoisotopic (exact) mass is 294 g/mol. The average molecular weight is 295 g/mol. The van der Waals surface area contributed by atoms with Crippen molar-refractivity contribution in [3.8, 4) is 0 Å². The number of pyridine rings is 1. The van der Waals surface area contributed by atoms with Gasteiger partial charge in [0.25, 0.3) is 0 Å². The molecule has 0 atom stereocenters. The zero-order valence-corrected chi connectivity index (χ0v) is 10.5. The summed E-state index contributed by atoms with van der Waals surface area (Å²) in [6, 6.07) is 7.78. The molecule has 0 saturated heterocycles. The van der Waals surface area contributed by atoms with E-state index >= 15 is 0 Å². The van der Waals surface area contributed by atoms with Crippen LogP contribution in [0.5, 0.6) is 0 Å². The number of amidine groups is 1. The summed E-state index contributed by atoms with van der Waals surface area (Å²) in [5, 5.41) is 15.4. The number of nitrogens with zero attached hydrogens (tertiary/aromatic N) is 2. The molecule has 2 aromatic rings. The van der Waals surface area contributed by atoms with Gasteiger partial charge in [0.2, 0.25) is 0 Å². The van der Waals surface area contributed by atoms with E-state index in [0.29, 0.717) is 0 Å². The molecule has 1 aromatic carbocycles. The van der Waals surface area contributed by atoms with E-state index in [1.54, 1.807) is 6.20 Å². The predicted octanol–water partition coefficient (Wildman–Crippen LogP) is 2.16. The number of halogens is 1. The highest BCUT2D eigenvalue weighted by molar-refractivity contribution is 9.10. The molecule has 17 heavy (non-hydrogen) atoms. The molecule has 6 heteroatoms. The maximum absolute atomic E-state index is 8.46. The minimum Gasteiger partial charge on any atom is -0.409 e. The average Bonchev–Trinajstić information content (AvgIpc) is 2.35. The van der Waals surface area contributed by atoms with Crippen LogP contribution in [0.4, 0.5) is 5.69 Å². The minimum atomic E-state index is 0.124. The summed E-state index contributed by atoms with van der Waals surface area (Å²) in [6.45, 7) is 0.271. The Bertz CT molecular complexity index is 570. The van der Waals surface area contributed by atoms with Gasteiger partial charge >= 0.3 is 0 Å². The van der Waals surface area contributed by atoms with Gasteiger partial charge in [0.05, 0.1) is 17.7 Å². The molecular formula is C11H11BrN4O. The van der Waals surface area contributed by atoms with Gasteiger partial charge in [0, 0.05) is 16.1 Å². The Morgan fingerprint density at radius 1 is 1.53 bits per heavy atom. The van der Waals surface area contributed by atoms with E-state index in [2.05, 4.69) is 31.4 Å². The van der Waals surface area contributed by atoms with E-state index in [-0.39, 0.29) is 12.4 Å². The van der Waals surface area contributed by atoms with Crippen LogP contribution in [0.3, 0.4) is 0 Å². The molecule has 88 valence electrons. The Kier molecular flexibility index (Phi) is 3.43. The third kappa shape index (κ3) is 2.65. The first kappa shape index (κ1) is 11.7. The quantitative estimate of drug-likeness (QED) is 0.351. The molecule has 0 bridgehead atoms. The van der Waals surface area contributed by atoms with Crippen molar-refractivity contribution in [2.75, 3.05) is 11.9 Å². The molecule has 1 heterocycles. The summed E-state index contributed by atoms with van der Waals surface area (Å²) < 4.78 is 0.929. The van der Waals surface area contributed by atoms with Crippen LogP contribution in [0.25, 0.3) is 10.9 Å². The number of rotatable bonds is 3. The van der Waals surface area contributed by atoms with Crippen molar-refractivity contribution < 1.29 is 5.21 Å². The Morgan fingerprint density at radius 2 is 2.35 bits per heavy atom. The molecule has 0 aliphatic heterocycles. The number of anilines is 1. The van der Waals surface area contributed by atoms with Gasteiger partial charge in [-0.1, -0.05) is 17.3 Å². The first-order chi connectivity index (χ1) is 8.20. The Hall–Kier alpha value is -1.82. The summed E-state index contributed by atoms with van der Waals surface area (Å²) >= 11 is 3.38. The lowest BCUT2D eigenvalue weighted by Crippen LogP contribution is -2.22. The van der Waals surface area contributed by atoms with Gasteiger partial charge in [-0.2, -0.15) is 0 Å². The summed E-state index contributed by atoms with van der Waals surface area (Å²) in [6.07, 6.45) is 1.73. The first-order valence-electron chi connectivity index (χ1n) is 4.95. The number of hydrogen-bond acceptors (Lipinski definition) is 4. The SMILES string of the molecule is N/C(CNc1cccc2cc(Br)cnc12)=N/O. The van der Waals surface area contributed by atoms with Crippen molar-refractivity contribution >= 4 is 38.4 Å². The molecule has 0 spiro atoms. The molecular weight excluding hydrogens is 284 g/mol. The number of hydrogen-bond donors (Lipinski definition) is 3. The molecule has 0 amide bonds. The van der Waals surface area contributed by atoms with Crippen molar-refractivity contribution in [3.63, 3.8) is 0 Å². The Balaban J connectivity index is 2.34. The number of oxime groups is 1. The maximum atomic E-state index is 8.46. The second kappa shape index (κ2) is 5.01. The highest BCUT2D eigenvalue weighted by Crippen LogP contribution is 2.23. The smallest absolute Gasteiger partial charge is 0.158 e. The van der Waals surface area contributed by atoms with Crippen molar-refractivity contribution in [2.45, 2.75) is 0 Å². The number of nitrogens with two attached hydrogens (primary N) is 1. The highest BCUT2D eigenvalue weighted by atomic mass is 79.9. The Morgan fingerprint density at radius 3 is 3.12 bits per heavy atom. The molecule has 0 radical (unpaired) electrons. The fraction of sp³-hybridized carbons (Fsp3) is 0.0909. The lowest BCUT2D eigenvalue weighted by molar-refractivity contribution is 0.317. The number of para-hydroxylation sites is 1. The van der Waals surface area contributed by atoms with Crippen LogP contribution in [0, 0.1) is 0 Å². The van der Waals surface area contributed by atoms with Gasteiger partial charge in [-0.05, 0) is 28.1 Å². The van der Waals surface area contributed by atoms with Gasteiger partial charge in [0.15, 0.2) is 5.84 Å². The number of nitrogens with one attached hydrogen (secondary N) is 1. The number of aromatic nitrogens is 1. The second-order valence-electron chi connectivity index (χ2n) is 3.48. The number of benzene rings is 1. The normalized spacial score (nSPS) is 11.7. The molecule has 0 saturated carbocycles. The topological polar surface area (TPSA) is 83.5 Å². The van der Waals surface area contributed by atoms with Crippen LogP contribution in [-0.2, 0) is 0 Å². The van der Waals surface area contributed by atoms with E-state index in [9.17, 15) is 0 Å². The lowest BCUT2D eigenvalue weighted by Gasteiger charge is -2.08. The maximum Gasteiger partial charge on any atom is 0.158 e. The first-order valence-corrected chi connectivity index (χ1v) is 5.74. The summed E-state index contributed by atoms with van der Waals surface area (Å²) in [5.74, 6) is 0.124. The minimum absolute atomic E-state index is 0.124. The van der Waals surface area contributed by atoms with E-state index in [1.165, 1.54) is 0 Å². The molecule has 5 nitrogen and oxygen atoms in total. The van der Waals surface area contributed by atoms with Gasteiger partial charge in [0.1, 0.15) is 0 Å². The molecule has 2 rings (SSSR count). The molecule has 1 aromatic heterocycles. The third-order valence-electron chi connectivity index (χ3n) is 2.27. The largest absolute Gasteiger partial charge is 0.409 e. The van der Waals surface area contributed by atoms with Gasteiger partial charge in [-0.3, -0.25) is 4.98 Å². The van der Waals surface area contributed by atoms with Crippen molar-refractivity contribution in [2.24, 2.45) is 10.9 Å². The standard InChI is InChI=1S/C11H11BrN4O/c12-8-4-7-2-1-3-9(11(7)15-5-8)14-6-10(13)16-17/h1-5,14,17H,6H2,(H2,13,16).